The zero-order valence-electron chi connectivity index (χ0n) is 11.2. The number of fused-ring (bicyclic) bond motifs is 1. The summed E-state index contributed by atoms with van der Waals surface area (Å²) >= 11 is 7.75. The summed E-state index contributed by atoms with van der Waals surface area (Å²) in [6, 6.07) is 2.06. The Hall–Kier alpha value is -1.30. The largest absolute Gasteiger partial charge is 0.453 e. The maximum absolute atomic E-state index is 6.11. The molecule has 0 aliphatic carbocycles. The number of nitrogens with one attached hydrogen (secondary N) is 1. The van der Waals surface area contributed by atoms with Crippen LogP contribution < -0.4 is 5.32 Å². The topological polar surface area (TPSA) is 42.5 Å². The molecule has 0 saturated carbocycles. The van der Waals surface area contributed by atoms with Gasteiger partial charge in [0.25, 0.3) is 0 Å². The van der Waals surface area contributed by atoms with Gasteiger partial charge in [-0.3, -0.25) is 4.40 Å². The van der Waals surface area contributed by atoms with Crippen molar-refractivity contribution in [3.05, 3.63) is 46.6 Å². The Labute approximate surface area is 126 Å². The van der Waals surface area contributed by atoms with Crippen LogP contribution in [0.4, 0.5) is 0 Å². The molecule has 20 heavy (non-hydrogen) atoms. The second-order valence-electron chi connectivity index (χ2n) is 4.69. The van der Waals surface area contributed by atoms with Gasteiger partial charge in [0.05, 0.1) is 12.0 Å². The van der Waals surface area contributed by atoms with Crippen LogP contribution in [0, 0.1) is 0 Å². The zero-order valence-corrected chi connectivity index (χ0v) is 12.7. The van der Waals surface area contributed by atoms with Crippen molar-refractivity contribution < 1.29 is 4.42 Å². The van der Waals surface area contributed by atoms with E-state index in [4.69, 9.17) is 16.0 Å². The quantitative estimate of drug-likeness (QED) is 0.750. The molecule has 4 nitrogen and oxygen atoms in total. The number of halogens is 1. The molecule has 0 radical (unpaired) electrons. The third kappa shape index (κ3) is 2.75. The van der Waals surface area contributed by atoms with Crippen molar-refractivity contribution in [3.63, 3.8) is 0 Å². The number of hydrogen-bond donors (Lipinski definition) is 1. The lowest BCUT2D eigenvalue weighted by Crippen LogP contribution is -2.24. The molecule has 3 aromatic heterocycles. The average Bonchev–Trinajstić information content (AvgIpc) is 3.10. The van der Waals surface area contributed by atoms with Gasteiger partial charge in [-0.05, 0) is 30.6 Å². The average molecular weight is 310 g/mol. The molecule has 0 aliphatic rings. The van der Waals surface area contributed by atoms with Gasteiger partial charge in [-0.15, -0.1) is 11.3 Å². The van der Waals surface area contributed by atoms with E-state index in [0.717, 1.165) is 35.6 Å². The third-order valence-corrected chi connectivity index (χ3v) is 4.30. The molecule has 1 N–H and O–H groups in total. The fourth-order valence-corrected chi connectivity index (χ4v) is 3.21. The smallest absolute Gasteiger partial charge is 0.197 e. The second-order valence-corrected chi connectivity index (χ2v) is 5.90. The van der Waals surface area contributed by atoms with Crippen molar-refractivity contribution in [1.29, 1.82) is 0 Å². The number of rotatable bonds is 6. The van der Waals surface area contributed by atoms with Gasteiger partial charge >= 0.3 is 0 Å². The summed E-state index contributed by atoms with van der Waals surface area (Å²) in [5, 5.41) is 6.00. The predicted molar refractivity (Wildman–Crippen MR) is 81.5 cm³/mol. The van der Waals surface area contributed by atoms with Gasteiger partial charge in [-0.25, -0.2) is 4.98 Å². The normalized spacial score (nSPS) is 13.1. The lowest BCUT2D eigenvalue weighted by atomic mass is 10.1. The minimum absolute atomic E-state index is 0.130. The minimum Gasteiger partial charge on any atom is -0.453 e. The van der Waals surface area contributed by atoms with Gasteiger partial charge in [0.15, 0.2) is 10.2 Å². The maximum atomic E-state index is 6.11. The van der Waals surface area contributed by atoms with Crippen molar-refractivity contribution >= 4 is 27.9 Å². The Morgan fingerprint density at radius 1 is 1.55 bits per heavy atom. The van der Waals surface area contributed by atoms with Gasteiger partial charge in [-0.1, -0.05) is 6.92 Å². The van der Waals surface area contributed by atoms with Gasteiger partial charge < -0.3 is 9.73 Å². The summed E-state index contributed by atoms with van der Waals surface area (Å²) in [6.45, 7) is 3.09. The summed E-state index contributed by atoms with van der Waals surface area (Å²) < 4.78 is 7.26. The van der Waals surface area contributed by atoms with E-state index in [1.807, 2.05) is 22.0 Å². The van der Waals surface area contributed by atoms with Crippen LogP contribution in [0.15, 0.2) is 34.5 Å². The van der Waals surface area contributed by atoms with Crippen molar-refractivity contribution in [2.75, 3.05) is 6.54 Å². The summed E-state index contributed by atoms with van der Waals surface area (Å²) in [5.74, 6) is 0. The maximum Gasteiger partial charge on any atom is 0.197 e. The Morgan fingerprint density at radius 3 is 3.15 bits per heavy atom. The lowest BCUT2D eigenvalue weighted by Gasteiger charge is -2.16. The standard InChI is InChI=1S/C14H16ClN3OS/c1-2-4-16-12(11-3-6-19-13(11)15)8-10-9-18-5-7-20-14(18)17-10/h3,5-7,9,12,16H,2,4,8H2,1H3. The van der Waals surface area contributed by atoms with E-state index in [1.165, 1.54) is 0 Å². The Morgan fingerprint density at radius 2 is 2.45 bits per heavy atom. The zero-order chi connectivity index (χ0) is 13.9. The molecule has 6 heteroatoms. The Bertz CT molecular complexity index is 659. The molecule has 0 aromatic carbocycles. The first-order valence-electron chi connectivity index (χ1n) is 6.65. The van der Waals surface area contributed by atoms with Crippen LogP contribution in [-0.2, 0) is 6.42 Å². The van der Waals surface area contributed by atoms with Crippen molar-refractivity contribution in [3.8, 4) is 0 Å². The number of imidazole rings is 1. The summed E-state index contributed by atoms with van der Waals surface area (Å²) in [6.07, 6.45) is 7.60. The molecule has 3 rings (SSSR count). The number of hydrogen-bond acceptors (Lipinski definition) is 4. The lowest BCUT2D eigenvalue weighted by molar-refractivity contribution is 0.510. The van der Waals surface area contributed by atoms with Crippen LogP contribution in [0.25, 0.3) is 4.96 Å². The van der Waals surface area contributed by atoms with E-state index < -0.39 is 0 Å². The molecule has 0 aliphatic heterocycles. The van der Waals surface area contributed by atoms with Crippen molar-refractivity contribution in [1.82, 2.24) is 14.7 Å². The molecule has 106 valence electrons. The molecule has 1 atom stereocenters. The minimum atomic E-state index is 0.130. The summed E-state index contributed by atoms with van der Waals surface area (Å²) in [4.78, 5) is 5.65. The molecule has 0 spiro atoms. The van der Waals surface area contributed by atoms with E-state index in [1.54, 1.807) is 17.6 Å². The molecule has 0 amide bonds. The van der Waals surface area contributed by atoms with Crippen molar-refractivity contribution in [2.45, 2.75) is 25.8 Å². The monoisotopic (exact) mass is 309 g/mol. The number of aromatic nitrogens is 2. The molecular formula is C14H16ClN3OS. The van der Waals surface area contributed by atoms with Gasteiger partial charge in [0.1, 0.15) is 0 Å². The Balaban J connectivity index is 1.82. The fraction of sp³-hybridized carbons (Fsp3) is 0.357. The number of thiazole rings is 1. The molecule has 0 saturated heterocycles. The van der Waals surface area contributed by atoms with Crippen LogP contribution in [0.2, 0.25) is 5.22 Å². The molecule has 0 fully saturated rings. The van der Waals surface area contributed by atoms with E-state index in [2.05, 4.69) is 23.4 Å². The highest BCUT2D eigenvalue weighted by Crippen LogP contribution is 2.27. The van der Waals surface area contributed by atoms with Crippen molar-refractivity contribution in [2.24, 2.45) is 0 Å². The molecular weight excluding hydrogens is 294 g/mol. The van der Waals surface area contributed by atoms with E-state index in [9.17, 15) is 0 Å². The number of nitrogens with zero attached hydrogens (tertiary/aromatic N) is 2. The fourth-order valence-electron chi connectivity index (χ4n) is 2.25. The van der Waals surface area contributed by atoms with Crippen LogP contribution in [0.3, 0.4) is 0 Å². The first-order chi connectivity index (χ1) is 9.78. The summed E-state index contributed by atoms with van der Waals surface area (Å²) in [5.41, 5.74) is 2.05. The number of furan rings is 1. The van der Waals surface area contributed by atoms with Gasteiger partial charge in [0, 0.05) is 35.8 Å². The third-order valence-electron chi connectivity index (χ3n) is 3.22. The van der Waals surface area contributed by atoms with Gasteiger partial charge in [-0.2, -0.15) is 0 Å². The van der Waals surface area contributed by atoms with Crippen LogP contribution >= 0.6 is 22.9 Å². The Kier molecular flexibility index (Phi) is 4.10. The predicted octanol–water partition coefficient (Wildman–Crippen LogP) is 3.93. The highest BCUT2D eigenvalue weighted by atomic mass is 35.5. The molecule has 0 bridgehead atoms. The molecule has 3 aromatic rings. The van der Waals surface area contributed by atoms with Crippen LogP contribution in [-0.4, -0.2) is 15.9 Å². The first kappa shape index (κ1) is 13.7. The first-order valence-corrected chi connectivity index (χ1v) is 7.91. The van der Waals surface area contributed by atoms with Crippen LogP contribution in [0.5, 0.6) is 0 Å². The van der Waals surface area contributed by atoms with E-state index >= 15 is 0 Å². The van der Waals surface area contributed by atoms with E-state index in [-0.39, 0.29) is 6.04 Å². The second kappa shape index (κ2) is 5.99. The molecule has 3 heterocycles. The van der Waals surface area contributed by atoms with Crippen LogP contribution in [0.1, 0.15) is 30.6 Å². The van der Waals surface area contributed by atoms with Gasteiger partial charge in [0.2, 0.25) is 0 Å². The molecule has 1 unspecified atom stereocenters. The summed E-state index contributed by atoms with van der Waals surface area (Å²) in [7, 11) is 0. The highest BCUT2D eigenvalue weighted by Gasteiger charge is 2.18. The SMILES string of the molecule is CCCNC(Cc1cn2ccsc2n1)c1ccoc1Cl. The van der Waals surface area contributed by atoms with E-state index in [0.29, 0.717) is 5.22 Å². The highest BCUT2D eigenvalue weighted by molar-refractivity contribution is 7.15.